The standard InChI is InChI=1S/C11H18N2O5S/c1-8(3-4-11(14)15)6-12-19(16,17)7-10-5-9(2)18-13-10/h5,8,12H,3-4,6-7H2,1-2H3,(H,14,15). The molecule has 0 spiro atoms. The zero-order valence-electron chi connectivity index (χ0n) is 10.9. The fraction of sp³-hybridized carbons (Fsp3) is 0.636. The Morgan fingerprint density at radius 1 is 1.58 bits per heavy atom. The predicted molar refractivity (Wildman–Crippen MR) is 67.9 cm³/mol. The number of nitrogens with one attached hydrogen (secondary N) is 1. The molecule has 0 aliphatic carbocycles. The lowest BCUT2D eigenvalue weighted by molar-refractivity contribution is -0.137. The monoisotopic (exact) mass is 290 g/mol. The average molecular weight is 290 g/mol. The minimum atomic E-state index is -3.47. The maximum atomic E-state index is 11.7. The Morgan fingerprint density at radius 2 is 2.26 bits per heavy atom. The largest absolute Gasteiger partial charge is 0.481 e. The number of hydrogen-bond acceptors (Lipinski definition) is 5. The van der Waals surface area contributed by atoms with Gasteiger partial charge in [-0.3, -0.25) is 4.79 Å². The number of hydrogen-bond donors (Lipinski definition) is 2. The fourth-order valence-electron chi connectivity index (χ4n) is 1.47. The van der Waals surface area contributed by atoms with Crippen molar-refractivity contribution in [2.24, 2.45) is 5.92 Å². The van der Waals surface area contributed by atoms with Crippen LogP contribution in [0.15, 0.2) is 10.6 Å². The van der Waals surface area contributed by atoms with Gasteiger partial charge in [-0.25, -0.2) is 13.1 Å². The predicted octanol–water partition coefficient (Wildman–Crippen LogP) is 0.903. The second kappa shape index (κ2) is 6.67. The third-order valence-corrected chi connectivity index (χ3v) is 3.80. The van der Waals surface area contributed by atoms with Crippen LogP contribution in [0.2, 0.25) is 0 Å². The summed E-state index contributed by atoms with van der Waals surface area (Å²) in [7, 11) is -3.47. The van der Waals surface area contributed by atoms with Gasteiger partial charge in [0.05, 0.1) is 0 Å². The van der Waals surface area contributed by atoms with Crippen LogP contribution in [0.4, 0.5) is 0 Å². The third kappa shape index (κ3) is 6.35. The molecule has 0 amide bonds. The van der Waals surface area contributed by atoms with Crippen LogP contribution in [0.1, 0.15) is 31.2 Å². The van der Waals surface area contributed by atoms with Crippen molar-refractivity contribution in [2.45, 2.75) is 32.4 Å². The molecule has 0 aromatic carbocycles. The summed E-state index contributed by atoms with van der Waals surface area (Å²) in [6, 6.07) is 1.56. The Balaban J connectivity index is 2.40. The van der Waals surface area contributed by atoms with E-state index in [-0.39, 0.29) is 24.6 Å². The van der Waals surface area contributed by atoms with Gasteiger partial charge in [0.2, 0.25) is 10.0 Å². The van der Waals surface area contributed by atoms with Crippen LogP contribution in [-0.4, -0.2) is 31.2 Å². The number of nitrogens with zero attached hydrogens (tertiary/aromatic N) is 1. The summed E-state index contributed by atoms with van der Waals surface area (Å²) in [5.41, 5.74) is 0.350. The number of aryl methyl sites for hydroxylation is 1. The molecule has 0 bridgehead atoms. The summed E-state index contributed by atoms with van der Waals surface area (Å²) in [6.07, 6.45) is 0.465. The van der Waals surface area contributed by atoms with Crippen molar-refractivity contribution in [1.82, 2.24) is 9.88 Å². The number of sulfonamides is 1. The first-order valence-corrected chi connectivity index (χ1v) is 7.55. The highest BCUT2D eigenvalue weighted by molar-refractivity contribution is 7.88. The lowest BCUT2D eigenvalue weighted by atomic mass is 10.1. The first kappa shape index (κ1) is 15.6. The minimum absolute atomic E-state index is 0.0331. The number of carbonyl (C=O) groups is 1. The van der Waals surface area contributed by atoms with E-state index in [0.717, 1.165) is 0 Å². The highest BCUT2D eigenvalue weighted by atomic mass is 32.2. The quantitative estimate of drug-likeness (QED) is 0.736. The molecule has 108 valence electrons. The van der Waals surface area contributed by atoms with Crippen LogP contribution >= 0.6 is 0 Å². The van der Waals surface area contributed by atoms with E-state index in [1.807, 2.05) is 0 Å². The SMILES string of the molecule is Cc1cc(CS(=O)(=O)NCC(C)CCC(=O)O)no1. The fourth-order valence-corrected chi connectivity index (χ4v) is 2.64. The summed E-state index contributed by atoms with van der Waals surface area (Å²) in [4.78, 5) is 10.4. The minimum Gasteiger partial charge on any atom is -0.481 e. The molecular formula is C11H18N2O5S. The number of carboxylic acid groups (broad SMARTS) is 1. The maximum absolute atomic E-state index is 11.7. The van der Waals surface area contributed by atoms with E-state index in [4.69, 9.17) is 9.63 Å². The highest BCUT2D eigenvalue weighted by Gasteiger charge is 2.16. The zero-order valence-corrected chi connectivity index (χ0v) is 11.7. The van der Waals surface area contributed by atoms with Crippen LogP contribution in [-0.2, 0) is 20.6 Å². The van der Waals surface area contributed by atoms with E-state index in [1.54, 1.807) is 19.9 Å². The van der Waals surface area contributed by atoms with E-state index in [0.29, 0.717) is 17.9 Å². The molecule has 8 heteroatoms. The van der Waals surface area contributed by atoms with Gasteiger partial charge in [-0.2, -0.15) is 0 Å². The Labute approximate surface area is 112 Å². The van der Waals surface area contributed by atoms with Crippen molar-refractivity contribution in [3.05, 3.63) is 17.5 Å². The first-order chi connectivity index (χ1) is 8.78. The number of carboxylic acids is 1. The second-order valence-corrected chi connectivity index (χ2v) is 6.38. The first-order valence-electron chi connectivity index (χ1n) is 5.90. The molecule has 19 heavy (non-hydrogen) atoms. The lowest BCUT2D eigenvalue weighted by Crippen LogP contribution is -2.29. The van der Waals surface area contributed by atoms with E-state index in [9.17, 15) is 13.2 Å². The summed E-state index contributed by atoms with van der Waals surface area (Å²) >= 11 is 0. The van der Waals surface area contributed by atoms with Gasteiger partial charge >= 0.3 is 5.97 Å². The van der Waals surface area contributed by atoms with Crippen molar-refractivity contribution in [2.75, 3.05) is 6.54 Å². The van der Waals surface area contributed by atoms with Gasteiger partial charge in [-0.15, -0.1) is 0 Å². The van der Waals surface area contributed by atoms with Gasteiger partial charge in [0.15, 0.2) is 0 Å². The Bertz CT molecular complexity index is 523. The molecule has 0 saturated carbocycles. The molecule has 1 aromatic heterocycles. The molecule has 1 atom stereocenters. The molecule has 0 radical (unpaired) electrons. The number of rotatable bonds is 8. The topological polar surface area (TPSA) is 110 Å². The van der Waals surface area contributed by atoms with Crippen LogP contribution in [0, 0.1) is 12.8 Å². The van der Waals surface area contributed by atoms with Crippen molar-refractivity contribution < 1.29 is 22.8 Å². The maximum Gasteiger partial charge on any atom is 0.303 e. The Hall–Kier alpha value is -1.41. The van der Waals surface area contributed by atoms with Gasteiger partial charge in [0.1, 0.15) is 17.2 Å². The Kier molecular flexibility index (Phi) is 5.49. The van der Waals surface area contributed by atoms with Crippen molar-refractivity contribution in [1.29, 1.82) is 0 Å². The second-order valence-electron chi connectivity index (χ2n) is 4.57. The van der Waals surface area contributed by atoms with Crippen molar-refractivity contribution in [3.63, 3.8) is 0 Å². The van der Waals surface area contributed by atoms with Gasteiger partial charge < -0.3 is 9.63 Å². The zero-order chi connectivity index (χ0) is 14.5. The molecular weight excluding hydrogens is 272 g/mol. The molecule has 1 heterocycles. The molecule has 0 fully saturated rings. The number of aliphatic carboxylic acids is 1. The lowest BCUT2D eigenvalue weighted by Gasteiger charge is -2.11. The molecule has 0 aliphatic heterocycles. The third-order valence-electron chi connectivity index (χ3n) is 2.52. The van der Waals surface area contributed by atoms with Crippen LogP contribution < -0.4 is 4.72 Å². The molecule has 0 aliphatic rings. The average Bonchev–Trinajstić information content (AvgIpc) is 2.68. The number of aromatic nitrogens is 1. The van der Waals surface area contributed by atoms with Crippen molar-refractivity contribution in [3.8, 4) is 0 Å². The van der Waals surface area contributed by atoms with E-state index in [1.165, 1.54) is 0 Å². The molecule has 0 saturated heterocycles. The van der Waals surface area contributed by atoms with Crippen LogP contribution in [0.5, 0.6) is 0 Å². The normalized spacial score (nSPS) is 13.4. The summed E-state index contributed by atoms with van der Waals surface area (Å²) < 4.78 is 30.7. The van der Waals surface area contributed by atoms with Gasteiger partial charge in [-0.05, 0) is 19.3 Å². The van der Waals surface area contributed by atoms with E-state index in [2.05, 4.69) is 9.88 Å². The molecule has 1 unspecified atom stereocenters. The smallest absolute Gasteiger partial charge is 0.303 e. The van der Waals surface area contributed by atoms with E-state index < -0.39 is 16.0 Å². The van der Waals surface area contributed by atoms with Crippen LogP contribution in [0.25, 0.3) is 0 Å². The van der Waals surface area contributed by atoms with E-state index >= 15 is 0 Å². The highest BCUT2D eigenvalue weighted by Crippen LogP contribution is 2.08. The summed E-state index contributed by atoms with van der Waals surface area (Å²) in [5.74, 6) is -0.603. The molecule has 1 rings (SSSR count). The van der Waals surface area contributed by atoms with Crippen LogP contribution in [0.3, 0.4) is 0 Å². The molecule has 1 aromatic rings. The summed E-state index contributed by atoms with van der Waals surface area (Å²) in [5, 5.41) is 12.1. The molecule has 2 N–H and O–H groups in total. The summed E-state index contributed by atoms with van der Waals surface area (Å²) in [6.45, 7) is 3.70. The van der Waals surface area contributed by atoms with Gasteiger partial charge in [0.25, 0.3) is 0 Å². The van der Waals surface area contributed by atoms with Gasteiger partial charge in [0, 0.05) is 19.0 Å². The van der Waals surface area contributed by atoms with Crippen molar-refractivity contribution >= 4 is 16.0 Å². The van der Waals surface area contributed by atoms with Gasteiger partial charge in [-0.1, -0.05) is 12.1 Å². The Morgan fingerprint density at radius 3 is 2.79 bits per heavy atom. The molecule has 7 nitrogen and oxygen atoms in total.